The lowest BCUT2D eigenvalue weighted by atomic mass is 10.0. The van der Waals surface area contributed by atoms with E-state index >= 15 is 0 Å². The van der Waals surface area contributed by atoms with Crippen LogP contribution in [0.25, 0.3) is 0 Å². The minimum absolute atomic E-state index is 0.648. The molecule has 0 spiro atoms. The smallest absolute Gasteiger partial charge is 0.469 e. The normalized spacial score (nSPS) is 31.4. The lowest BCUT2D eigenvalue weighted by Crippen LogP contribution is -2.49. The van der Waals surface area contributed by atoms with Crippen molar-refractivity contribution in [3.63, 3.8) is 0 Å². The van der Waals surface area contributed by atoms with Gasteiger partial charge in [-0.3, -0.25) is 18.9 Å². The van der Waals surface area contributed by atoms with Gasteiger partial charge in [0, 0.05) is 0 Å². The average Bonchev–Trinajstić information content (AvgIpc) is 2.65. The third-order valence-electron chi connectivity index (χ3n) is 3.45. The van der Waals surface area contributed by atoms with Gasteiger partial charge in [0.05, 0.1) is 12.8 Å². The molecule has 0 saturated carbocycles. The van der Waals surface area contributed by atoms with Gasteiger partial charge in [-0.1, -0.05) is 0 Å². The van der Waals surface area contributed by atoms with Crippen molar-refractivity contribution in [2.45, 2.75) is 31.0 Å². The van der Waals surface area contributed by atoms with Crippen LogP contribution in [0.2, 0.25) is 0 Å². The topological polar surface area (TPSA) is 192 Å². The summed E-state index contributed by atoms with van der Waals surface area (Å²) in [5, 5.41) is 29.4. The van der Waals surface area contributed by atoms with E-state index in [1.165, 1.54) is 6.92 Å². The quantitative estimate of drug-likeness (QED) is 0.307. The number of nitrogens with zero attached hydrogens (tertiary/aromatic N) is 1. The molecule has 12 nitrogen and oxygen atoms in total. The fourth-order valence-corrected chi connectivity index (χ4v) is 2.60. The first-order valence-corrected chi connectivity index (χ1v) is 7.78. The Bertz CT molecular complexity index is 753. The third-order valence-corrected chi connectivity index (χ3v) is 3.94. The Kier molecular flexibility index (Phi) is 4.52. The Morgan fingerprint density at radius 3 is 2.61 bits per heavy atom. The number of phosphoric acid groups is 1. The molecule has 2 heterocycles. The van der Waals surface area contributed by atoms with Crippen LogP contribution in [-0.4, -0.2) is 59.6 Å². The number of aliphatic hydroxyl groups is 2. The molecule has 130 valence electrons. The van der Waals surface area contributed by atoms with Crippen LogP contribution in [0.1, 0.15) is 6.92 Å². The van der Waals surface area contributed by atoms with Crippen LogP contribution < -0.4 is 11.2 Å². The molecule has 0 aliphatic carbocycles. The number of aliphatic hydroxyl groups excluding tert-OH is 2. The number of aromatic hydroxyl groups is 1. The molecule has 23 heavy (non-hydrogen) atoms. The Balaban J connectivity index is 2.35. The van der Waals surface area contributed by atoms with Crippen LogP contribution in [0.15, 0.2) is 15.8 Å². The third kappa shape index (κ3) is 3.38. The molecule has 1 aliphatic heterocycles. The second-order valence-electron chi connectivity index (χ2n) is 5.08. The maximum atomic E-state index is 11.8. The molecular weight excluding hydrogens is 339 g/mol. The number of hydrogen-bond acceptors (Lipinski definition) is 8. The SMILES string of the molecule is C[C@@]1(n2cc(O)c(=O)[nH]c2=O)O[C@H](COP(=O)(O)O)[C@@H](O)[C@H]1O. The van der Waals surface area contributed by atoms with Gasteiger partial charge in [-0.05, 0) is 6.92 Å². The van der Waals surface area contributed by atoms with Crippen LogP contribution in [0.4, 0.5) is 0 Å². The number of hydrogen-bond donors (Lipinski definition) is 6. The van der Waals surface area contributed by atoms with Crippen molar-refractivity contribution in [3.05, 3.63) is 27.0 Å². The summed E-state index contributed by atoms with van der Waals surface area (Å²) in [4.78, 5) is 42.1. The maximum absolute atomic E-state index is 11.8. The van der Waals surface area contributed by atoms with Crippen molar-refractivity contribution in [2.24, 2.45) is 0 Å². The Morgan fingerprint density at radius 2 is 2.04 bits per heavy atom. The zero-order valence-electron chi connectivity index (χ0n) is 11.7. The molecule has 0 aromatic carbocycles. The number of aromatic amines is 1. The summed E-state index contributed by atoms with van der Waals surface area (Å²) in [6, 6.07) is 0. The molecule has 4 atom stereocenters. The summed E-state index contributed by atoms with van der Waals surface area (Å²) in [7, 11) is -4.83. The van der Waals surface area contributed by atoms with Gasteiger partial charge in [0.1, 0.15) is 18.3 Å². The number of rotatable bonds is 4. The van der Waals surface area contributed by atoms with E-state index in [2.05, 4.69) is 4.52 Å². The van der Waals surface area contributed by atoms with Crippen molar-refractivity contribution in [2.75, 3.05) is 6.61 Å². The highest BCUT2D eigenvalue weighted by Gasteiger charge is 2.53. The van der Waals surface area contributed by atoms with E-state index < -0.39 is 55.5 Å². The van der Waals surface area contributed by atoms with Crippen molar-refractivity contribution in [3.8, 4) is 5.75 Å². The first-order valence-electron chi connectivity index (χ1n) is 6.25. The first-order chi connectivity index (χ1) is 10.5. The van der Waals surface area contributed by atoms with Crippen LogP contribution in [-0.2, 0) is 19.6 Å². The molecule has 0 bridgehead atoms. The Labute approximate surface area is 127 Å². The van der Waals surface area contributed by atoms with Crippen molar-refractivity contribution in [1.29, 1.82) is 0 Å². The molecule has 0 unspecified atom stereocenters. The molecule has 0 amide bonds. The minimum atomic E-state index is -4.83. The number of H-pyrrole nitrogens is 1. The number of phosphoric ester groups is 1. The van der Waals surface area contributed by atoms with E-state index in [4.69, 9.17) is 14.5 Å². The highest BCUT2D eigenvalue weighted by atomic mass is 31.2. The van der Waals surface area contributed by atoms with Gasteiger partial charge < -0.3 is 29.8 Å². The minimum Gasteiger partial charge on any atom is -0.502 e. The molecule has 1 aromatic rings. The van der Waals surface area contributed by atoms with Gasteiger partial charge in [0.25, 0.3) is 5.56 Å². The van der Waals surface area contributed by atoms with E-state index in [1.807, 2.05) is 0 Å². The van der Waals surface area contributed by atoms with E-state index in [0.717, 1.165) is 0 Å². The zero-order valence-corrected chi connectivity index (χ0v) is 12.6. The van der Waals surface area contributed by atoms with Crippen molar-refractivity contribution in [1.82, 2.24) is 9.55 Å². The summed E-state index contributed by atoms with van der Waals surface area (Å²) >= 11 is 0. The van der Waals surface area contributed by atoms with Crippen LogP contribution in [0, 0.1) is 0 Å². The molecule has 6 N–H and O–H groups in total. The van der Waals surface area contributed by atoms with E-state index in [1.54, 1.807) is 4.98 Å². The number of ether oxygens (including phenoxy) is 1. The predicted octanol–water partition coefficient (Wildman–Crippen LogP) is -2.86. The van der Waals surface area contributed by atoms with Gasteiger partial charge in [0.2, 0.25) is 0 Å². The van der Waals surface area contributed by atoms with Crippen LogP contribution in [0.5, 0.6) is 5.75 Å². The lowest BCUT2D eigenvalue weighted by molar-refractivity contribution is -0.136. The average molecular weight is 354 g/mol. The van der Waals surface area contributed by atoms with Crippen molar-refractivity contribution >= 4 is 7.82 Å². The fraction of sp³-hybridized carbons (Fsp3) is 0.600. The number of aromatic nitrogens is 2. The van der Waals surface area contributed by atoms with Gasteiger partial charge in [0.15, 0.2) is 11.5 Å². The van der Waals surface area contributed by atoms with Gasteiger partial charge in [-0.2, -0.15) is 0 Å². The summed E-state index contributed by atoms with van der Waals surface area (Å²) in [6.07, 6.45) is -4.02. The molecular formula is C10H15N2O10P. The monoisotopic (exact) mass is 354 g/mol. The standard InChI is InChI=1S/C10H15N2O10P/c1-10(12-2-4(13)8(16)11-9(12)17)7(15)6(14)5(22-10)3-21-23(18,19)20/h2,5-7,13-15H,3H2,1H3,(H,11,16,17)(H2,18,19,20)/t5-,6-,7-,10-/m1/s1. The molecule has 0 radical (unpaired) electrons. The van der Waals surface area contributed by atoms with Gasteiger partial charge in [-0.15, -0.1) is 0 Å². The second-order valence-corrected chi connectivity index (χ2v) is 6.32. The van der Waals surface area contributed by atoms with Crippen molar-refractivity contribution < 1.29 is 38.9 Å². The summed E-state index contributed by atoms with van der Waals surface area (Å²) in [6.45, 7) is 0.416. The highest BCUT2D eigenvalue weighted by molar-refractivity contribution is 7.46. The van der Waals surface area contributed by atoms with E-state index in [9.17, 15) is 29.5 Å². The molecule has 2 rings (SSSR count). The summed E-state index contributed by atoms with van der Waals surface area (Å²) in [5.74, 6) is -0.828. The highest BCUT2D eigenvalue weighted by Crippen LogP contribution is 2.39. The Morgan fingerprint density at radius 1 is 1.43 bits per heavy atom. The molecule has 1 aliphatic rings. The first kappa shape index (κ1) is 17.8. The van der Waals surface area contributed by atoms with Crippen LogP contribution in [0.3, 0.4) is 0 Å². The molecule has 1 fully saturated rings. The zero-order chi connectivity index (χ0) is 17.6. The summed E-state index contributed by atoms with van der Waals surface area (Å²) < 4.78 is 20.8. The molecule has 1 aromatic heterocycles. The molecule has 1 saturated heterocycles. The van der Waals surface area contributed by atoms with Gasteiger partial charge in [-0.25, -0.2) is 9.36 Å². The molecule has 13 heteroatoms. The lowest BCUT2D eigenvalue weighted by Gasteiger charge is -2.29. The second kappa shape index (κ2) is 5.83. The largest absolute Gasteiger partial charge is 0.502 e. The predicted molar refractivity (Wildman–Crippen MR) is 71.5 cm³/mol. The summed E-state index contributed by atoms with van der Waals surface area (Å²) in [5.41, 5.74) is -4.00. The van der Waals surface area contributed by atoms with Gasteiger partial charge >= 0.3 is 13.5 Å². The van der Waals surface area contributed by atoms with E-state index in [-0.39, 0.29) is 0 Å². The Hall–Kier alpha value is -1.53. The maximum Gasteiger partial charge on any atom is 0.469 e. The van der Waals surface area contributed by atoms with E-state index in [0.29, 0.717) is 10.8 Å². The fourth-order valence-electron chi connectivity index (χ4n) is 2.26. The number of nitrogens with one attached hydrogen (secondary N) is 1. The van der Waals surface area contributed by atoms with Crippen LogP contribution >= 0.6 is 7.82 Å².